The highest BCUT2D eigenvalue weighted by Gasteiger charge is 2.49. The molecule has 5 aromatic rings. The number of phenolic OH excluding ortho intramolecular Hbond substituents is 1. The van der Waals surface area contributed by atoms with Crippen LogP contribution in [0.1, 0.15) is 42.1 Å². The average Bonchev–Trinajstić information content (AvgIpc) is 3.58. The molecule has 13 heteroatoms. The summed E-state index contributed by atoms with van der Waals surface area (Å²) in [6, 6.07) is 10.6. The third-order valence-electron chi connectivity index (χ3n) is 8.35. The van der Waals surface area contributed by atoms with Gasteiger partial charge < -0.3 is 19.7 Å². The van der Waals surface area contributed by atoms with Gasteiger partial charge in [-0.25, -0.2) is 33.1 Å². The van der Waals surface area contributed by atoms with Crippen molar-refractivity contribution in [1.29, 1.82) is 0 Å². The van der Waals surface area contributed by atoms with Crippen molar-refractivity contribution in [2.75, 3.05) is 23.3 Å². The van der Waals surface area contributed by atoms with E-state index < -0.39 is 17.2 Å². The van der Waals surface area contributed by atoms with Crippen LogP contribution in [0.3, 0.4) is 0 Å². The normalized spacial score (nSPS) is 19.3. The minimum atomic E-state index is -2.81. The number of nitrogens with one attached hydrogen (secondary N) is 1. The first-order valence-corrected chi connectivity index (χ1v) is 14.3. The van der Waals surface area contributed by atoms with Crippen LogP contribution in [0.15, 0.2) is 61.1 Å². The fourth-order valence-corrected chi connectivity index (χ4v) is 5.97. The Morgan fingerprint density at radius 3 is 2.55 bits per heavy atom. The van der Waals surface area contributed by atoms with Crippen molar-refractivity contribution in [1.82, 2.24) is 24.3 Å². The number of amides is 1. The van der Waals surface area contributed by atoms with Crippen LogP contribution in [-0.2, 0) is 16.6 Å². The van der Waals surface area contributed by atoms with Gasteiger partial charge in [-0.2, -0.15) is 0 Å². The predicted octanol–water partition coefficient (Wildman–Crippen LogP) is 5.77. The van der Waals surface area contributed by atoms with Gasteiger partial charge in [-0.1, -0.05) is 29.8 Å². The maximum atomic E-state index is 14.2. The maximum absolute atomic E-state index is 14.2. The number of nitrogens with zero attached hydrogens (tertiary/aromatic N) is 6. The zero-order valence-corrected chi connectivity index (χ0v) is 24.1. The van der Waals surface area contributed by atoms with Crippen LogP contribution in [0.2, 0.25) is 5.02 Å². The van der Waals surface area contributed by atoms with E-state index in [2.05, 4.69) is 10.3 Å². The number of hydrogen-bond acceptors (Lipinski definition) is 7. The van der Waals surface area contributed by atoms with Gasteiger partial charge in [0.25, 0.3) is 5.92 Å². The lowest BCUT2D eigenvalue weighted by atomic mass is 9.77. The molecule has 0 aliphatic carbocycles. The Morgan fingerprint density at radius 1 is 1.07 bits per heavy atom. The van der Waals surface area contributed by atoms with E-state index in [1.165, 1.54) is 24.3 Å². The lowest BCUT2D eigenvalue weighted by Gasteiger charge is -2.35. The summed E-state index contributed by atoms with van der Waals surface area (Å²) in [6.07, 6.45) is 4.69. The number of piperidine rings is 1. The van der Waals surface area contributed by atoms with Crippen molar-refractivity contribution < 1.29 is 23.1 Å². The topological polar surface area (TPSA) is 109 Å². The highest BCUT2D eigenvalue weighted by molar-refractivity contribution is 6.32. The smallest absolute Gasteiger partial charge is 0.251 e. The number of hydrogen-bond donors (Lipinski definition) is 2. The van der Waals surface area contributed by atoms with E-state index in [9.17, 15) is 23.1 Å². The minimum absolute atomic E-state index is 0.00975. The van der Waals surface area contributed by atoms with Gasteiger partial charge in [-0.05, 0) is 42.3 Å². The molecular weight excluding hydrogens is 595 g/mol. The lowest BCUT2D eigenvalue weighted by Crippen LogP contribution is -2.41. The van der Waals surface area contributed by atoms with Gasteiger partial charge in [-0.15, -0.1) is 0 Å². The monoisotopic (exact) mass is 619 g/mol. The molecule has 0 radical (unpaired) electrons. The molecule has 2 aromatic carbocycles. The Balaban J connectivity index is 1.39. The number of alkyl halides is 2. The molecule has 44 heavy (non-hydrogen) atoms. The summed E-state index contributed by atoms with van der Waals surface area (Å²) < 4.78 is 43.8. The average molecular weight is 620 g/mol. The van der Waals surface area contributed by atoms with E-state index in [0.29, 0.717) is 40.4 Å². The van der Waals surface area contributed by atoms with Crippen molar-refractivity contribution in [3.05, 3.63) is 94.3 Å². The number of fused-ring (bicyclic) bond motifs is 2. The largest absolute Gasteiger partial charge is 0.506 e. The van der Waals surface area contributed by atoms with Crippen LogP contribution in [0.5, 0.6) is 5.75 Å². The third kappa shape index (κ3) is 4.69. The highest BCUT2D eigenvalue weighted by Crippen LogP contribution is 2.48. The van der Waals surface area contributed by atoms with Crippen molar-refractivity contribution in [3.8, 4) is 17.3 Å². The number of aromatic hydroxyl groups is 1. The second-order valence-electron chi connectivity index (χ2n) is 11.2. The predicted molar refractivity (Wildman–Crippen MR) is 158 cm³/mol. The summed E-state index contributed by atoms with van der Waals surface area (Å²) in [6.45, 7) is 1.70. The molecule has 224 valence electrons. The number of rotatable bonds is 5. The maximum Gasteiger partial charge on any atom is 0.251 e. The van der Waals surface area contributed by atoms with Gasteiger partial charge in [0, 0.05) is 50.9 Å². The van der Waals surface area contributed by atoms with Crippen LogP contribution in [0.4, 0.5) is 24.8 Å². The second-order valence-corrected chi connectivity index (χ2v) is 11.6. The molecule has 0 spiro atoms. The first-order valence-electron chi connectivity index (χ1n) is 13.9. The van der Waals surface area contributed by atoms with Gasteiger partial charge in [0.05, 0.1) is 16.3 Å². The summed E-state index contributed by atoms with van der Waals surface area (Å²) in [5, 5.41) is 13.3. The molecule has 2 N–H and O–H groups in total. The van der Waals surface area contributed by atoms with E-state index in [4.69, 9.17) is 26.6 Å². The summed E-state index contributed by atoms with van der Waals surface area (Å²) in [4.78, 5) is 34.3. The van der Waals surface area contributed by atoms with Crippen LogP contribution < -0.4 is 10.2 Å². The molecule has 7 rings (SSSR count). The molecule has 0 bridgehead atoms. The quantitative estimate of drug-likeness (QED) is 0.257. The summed E-state index contributed by atoms with van der Waals surface area (Å²) >= 11 is 6.06. The van der Waals surface area contributed by atoms with E-state index in [-0.39, 0.29) is 54.2 Å². The lowest BCUT2D eigenvalue weighted by molar-refractivity contribution is -0.119. The van der Waals surface area contributed by atoms with Crippen molar-refractivity contribution >= 4 is 34.8 Å². The number of imidazole rings is 1. The molecule has 1 unspecified atom stereocenters. The van der Waals surface area contributed by atoms with E-state index in [0.717, 1.165) is 5.56 Å². The number of benzene rings is 2. The molecule has 2 aliphatic heterocycles. The van der Waals surface area contributed by atoms with E-state index in [1.54, 1.807) is 53.0 Å². The molecule has 2 aliphatic rings. The molecule has 1 saturated heterocycles. The molecule has 3 aromatic heterocycles. The molecule has 0 saturated carbocycles. The summed E-state index contributed by atoms with van der Waals surface area (Å²) in [5.74, 6) is -3.05. The Kier molecular flexibility index (Phi) is 6.50. The van der Waals surface area contributed by atoms with E-state index >= 15 is 0 Å². The Bertz CT molecular complexity index is 1940. The van der Waals surface area contributed by atoms with Crippen molar-refractivity contribution in [2.45, 2.75) is 37.5 Å². The number of carbonyl (C=O) groups is 1. The fourth-order valence-electron chi connectivity index (χ4n) is 5.85. The standard InChI is InChI=1S/C31H25ClF3N7O2/c1-30(18-4-7-20(32)23(43)15-18)24-26(40-29(30)44)38-25(39-28(24)41-11-8-31(34,35)9-12-41)22-16-42-13-10-36-27(42)21(37-22)14-17-2-5-19(33)6-3-17/h2-7,10,13,15-16,43H,8-9,11-12,14H2,1H3,(H,38,39,40,44). The number of anilines is 2. The van der Waals surface area contributed by atoms with Gasteiger partial charge in [0.2, 0.25) is 5.91 Å². The van der Waals surface area contributed by atoms with E-state index in [1.807, 2.05) is 0 Å². The Hall–Kier alpha value is -4.71. The Labute approximate surface area is 254 Å². The zero-order chi connectivity index (χ0) is 30.8. The second kappa shape index (κ2) is 10.2. The van der Waals surface area contributed by atoms with Crippen LogP contribution in [0.25, 0.3) is 17.2 Å². The van der Waals surface area contributed by atoms with Gasteiger partial charge in [0.1, 0.15) is 34.3 Å². The highest BCUT2D eigenvalue weighted by atomic mass is 35.5. The Morgan fingerprint density at radius 2 is 1.82 bits per heavy atom. The van der Waals surface area contributed by atoms with Crippen LogP contribution in [0, 0.1) is 5.82 Å². The molecule has 9 nitrogen and oxygen atoms in total. The SMILES string of the molecule is CC1(c2ccc(Cl)c(O)c2)C(=O)Nc2nc(-c3cn4ccnc4c(Cc4ccc(F)cc4)n3)nc(N3CCC(F)(F)CC3)c21. The zero-order valence-electron chi connectivity index (χ0n) is 23.4. The van der Waals surface area contributed by atoms with Crippen molar-refractivity contribution in [2.24, 2.45) is 0 Å². The molecular formula is C31H25ClF3N7O2. The van der Waals surface area contributed by atoms with Crippen molar-refractivity contribution in [3.63, 3.8) is 0 Å². The molecule has 1 atom stereocenters. The molecule has 5 heterocycles. The number of phenols is 1. The van der Waals surface area contributed by atoms with Crippen LogP contribution in [-0.4, -0.2) is 54.4 Å². The van der Waals surface area contributed by atoms with Gasteiger partial charge >= 0.3 is 0 Å². The summed E-state index contributed by atoms with van der Waals surface area (Å²) in [5.41, 5.74) is 1.87. The van der Waals surface area contributed by atoms with Gasteiger partial charge in [0.15, 0.2) is 11.5 Å². The van der Waals surface area contributed by atoms with Gasteiger partial charge in [-0.3, -0.25) is 4.79 Å². The first-order chi connectivity index (χ1) is 21.0. The number of aromatic nitrogens is 5. The summed E-state index contributed by atoms with van der Waals surface area (Å²) in [7, 11) is 0. The third-order valence-corrected chi connectivity index (χ3v) is 8.67. The minimum Gasteiger partial charge on any atom is -0.506 e. The molecule has 1 fully saturated rings. The number of carbonyl (C=O) groups excluding carboxylic acids is 1. The first kappa shape index (κ1) is 28.1. The fraction of sp³-hybridized carbons (Fsp3) is 0.258. The van der Waals surface area contributed by atoms with Crippen LogP contribution >= 0.6 is 11.6 Å². The molecule has 1 amide bonds. The number of halogens is 4.